The van der Waals surface area contributed by atoms with E-state index in [1.165, 1.54) is 32.9 Å². The van der Waals surface area contributed by atoms with E-state index >= 15 is 0 Å². The van der Waals surface area contributed by atoms with Crippen molar-refractivity contribution >= 4 is 113 Å². The summed E-state index contributed by atoms with van der Waals surface area (Å²) in [5.41, 5.74) is 16.7. The van der Waals surface area contributed by atoms with Gasteiger partial charge in [-0.05, 0) is 61.8 Å². The number of carbonyl (C=O) groups is 19. The molecule has 0 aliphatic heterocycles. The number of primary amides is 2. The SMILES string of the molecule is CC[C@H](C)[C@H](NC(=O)[C@H](CC(C)C)NC(=O)[C@H](CC(N)=O)NC(=O)[C@H](CCC(=O)O)NC(=O)[C@H](C)NC(=O)[C@@H](N)CC(=O)O)C(=O)N[C@@H](CC(=O)O)C(=O)N[C@@H](CO)C(=O)N[C@@H](Cc1ccccc1)C(=O)N[C@@H](CCC(N)=O)C(=O)N[C@@H](CCC(=O)O)C(=O)N[C@H](C(=O)N[C@H](C(=O)O)C(C)C)[C@@H](C)CC. The minimum atomic E-state index is -2.13. The molecule has 15 atom stereocenters. The molecule has 0 aliphatic rings. The number of benzene rings is 1. The molecule has 24 N–H and O–H groups in total. The van der Waals surface area contributed by atoms with Crippen molar-refractivity contribution in [3.05, 3.63) is 35.9 Å². The van der Waals surface area contributed by atoms with Crippen LogP contribution in [0.25, 0.3) is 0 Å². The van der Waals surface area contributed by atoms with Gasteiger partial charge in [0.1, 0.15) is 72.5 Å². The first-order valence-electron chi connectivity index (χ1n) is 33.7. The summed E-state index contributed by atoms with van der Waals surface area (Å²) in [6.45, 7) is 12.3. The predicted octanol–water partition coefficient (Wildman–Crippen LogP) is -5.91. The van der Waals surface area contributed by atoms with Crippen LogP contribution in [0, 0.1) is 23.7 Å². The van der Waals surface area contributed by atoms with Crippen molar-refractivity contribution in [2.75, 3.05) is 6.61 Å². The third-order valence-corrected chi connectivity index (χ3v) is 16.3. The highest BCUT2D eigenvalue weighted by Crippen LogP contribution is 2.16. The zero-order valence-electron chi connectivity index (χ0n) is 59.8. The van der Waals surface area contributed by atoms with Gasteiger partial charge in [0.15, 0.2) is 0 Å². The lowest BCUT2D eigenvalue weighted by Gasteiger charge is -2.30. The summed E-state index contributed by atoms with van der Waals surface area (Å²) in [4.78, 5) is 250. The van der Waals surface area contributed by atoms with Gasteiger partial charge < -0.3 is 112 Å². The Hall–Kier alpha value is -10.9. The third-order valence-electron chi connectivity index (χ3n) is 16.3. The molecule has 1 aromatic rings. The number of amides is 14. The van der Waals surface area contributed by atoms with Crippen molar-refractivity contribution in [1.29, 1.82) is 0 Å². The molecule has 1 aromatic carbocycles. The van der Waals surface area contributed by atoms with Gasteiger partial charge in [-0.2, -0.15) is 0 Å². The average Bonchev–Trinajstić information content (AvgIpc) is 0.793. The van der Waals surface area contributed by atoms with Crippen LogP contribution in [0.15, 0.2) is 30.3 Å². The van der Waals surface area contributed by atoms with E-state index in [-0.39, 0.29) is 19.3 Å². The normalized spacial score (nSPS) is 15.4. The maximum atomic E-state index is 14.4. The fourth-order valence-corrected chi connectivity index (χ4v) is 9.91. The first-order valence-corrected chi connectivity index (χ1v) is 33.7. The molecule has 0 spiro atoms. The highest BCUT2D eigenvalue weighted by molar-refractivity contribution is 6.01. The van der Waals surface area contributed by atoms with Crippen molar-refractivity contribution in [2.24, 2.45) is 40.9 Å². The van der Waals surface area contributed by atoms with Gasteiger partial charge >= 0.3 is 29.8 Å². The van der Waals surface area contributed by atoms with E-state index in [2.05, 4.69) is 63.8 Å². The number of nitrogens with one attached hydrogen (secondary N) is 12. The Kier molecular flexibility index (Phi) is 40.3. The second-order valence-electron chi connectivity index (χ2n) is 25.9. The van der Waals surface area contributed by atoms with E-state index in [9.17, 15) is 117 Å². The van der Waals surface area contributed by atoms with Crippen LogP contribution in [-0.2, 0) is 97.5 Å². The van der Waals surface area contributed by atoms with Crippen LogP contribution < -0.4 is 81.0 Å². The highest BCUT2D eigenvalue weighted by atomic mass is 16.4. The lowest BCUT2D eigenvalue weighted by Crippen LogP contribution is -2.62. The number of carboxylic acids is 5. The molecule has 14 amide bonds. The average molecular weight is 1490 g/mol. The van der Waals surface area contributed by atoms with Crippen molar-refractivity contribution in [3.63, 3.8) is 0 Å². The number of rotatable bonds is 50. The molecule has 1 rings (SSSR count). The number of aliphatic carboxylic acids is 5. The lowest BCUT2D eigenvalue weighted by molar-refractivity contribution is -0.144. The van der Waals surface area contributed by atoms with E-state index in [1.807, 2.05) is 0 Å². The van der Waals surface area contributed by atoms with Gasteiger partial charge in [0.25, 0.3) is 0 Å². The first kappa shape index (κ1) is 92.1. The Morgan fingerprint density at radius 1 is 0.371 bits per heavy atom. The molecule has 0 saturated heterocycles. The van der Waals surface area contributed by atoms with Crippen LogP contribution >= 0.6 is 0 Å². The van der Waals surface area contributed by atoms with E-state index in [0.717, 1.165) is 6.92 Å². The van der Waals surface area contributed by atoms with Crippen LogP contribution in [0.4, 0.5) is 0 Å². The number of carboxylic acid groups (broad SMARTS) is 5. The summed E-state index contributed by atoms with van der Waals surface area (Å²) in [7, 11) is 0. The Morgan fingerprint density at radius 3 is 1.15 bits per heavy atom. The molecule has 0 aromatic heterocycles. The number of aliphatic hydroxyl groups is 1. The second kappa shape index (κ2) is 45.9. The maximum absolute atomic E-state index is 14.4. The summed E-state index contributed by atoms with van der Waals surface area (Å²) in [5, 5.41) is 85.8. The standard InChI is InChI=1S/C65H101N15O25/c1-10-31(7)51(80-61(100)39(23-29(3)4)73-59(98)41(26-45(68)83)75-56(95)37(18-21-46(84)85)70-53(92)33(9)69-54(93)35(66)25-48(88)89)63(102)76-42(27-49(90)91)60(99)77-43(28-81)62(101)74-40(24-34-15-13-12-14-16-34)58(97)72-36(17-20-44(67)82)55(94)71-38(19-22-47(86)87)57(96)79-52(32(8)11-2)64(103)78-50(30(5)6)65(104)105/h12-16,29-33,35-43,50-52,81H,10-11,17-28,66H2,1-9H3,(H2,67,82)(H2,68,83)(H,69,93)(H,70,92)(H,71,94)(H,72,97)(H,73,98)(H,74,101)(H,75,95)(H,76,102)(H,77,99)(H,78,103)(H,79,96)(H,80,100)(H,84,85)(H,86,87)(H,88,89)(H,90,91)(H,104,105)/t31-,32-,33-,35-,36-,37-,38-,39-,40-,41-,42-,43-,50-,51-,52-/m0/s1. The highest BCUT2D eigenvalue weighted by Gasteiger charge is 2.40. The van der Waals surface area contributed by atoms with Gasteiger partial charge in [-0.25, -0.2) is 4.79 Å². The van der Waals surface area contributed by atoms with Gasteiger partial charge in [-0.15, -0.1) is 0 Å². The first-order chi connectivity index (χ1) is 49.0. The zero-order chi connectivity index (χ0) is 80.3. The van der Waals surface area contributed by atoms with Crippen LogP contribution in [-0.4, -0.2) is 228 Å². The molecule has 0 fully saturated rings. The second-order valence-corrected chi connectivity index (χ2v) is 25.9. The predicted molar refractivity (Wildman–Crippen MR) is 365 cm³/mol. The van der Waals surface area contributed by atoms with E-state index in [0.29, 0.717) is 5.56 Å². The summed E-state index contributed by atoms with van der Waals surface area (Å²) >= 11 is 0. The van der Waals surface area contributed by atoms with E-state index < -0.39 is 286 Å². The molecule has 105 heavy (non-hydrogen) atoms. The minimum Gasteiger partial charge on any atom is -0.481 e. The summed E-state index contributed by atoms with van der Waals surface area (Å²) in [6, 6.07) is -14.9. The summed E-state index contributed by atoms with van der Waals surface area (Å²) in [6.07, 6.45) is -7.28. The Bertz CT molecular complexity index is 3270. The molecule has 0 unspecified atom stereocenters. The van der Waals surface area contributed by atoms with Crippen LogP contribution in [0.1, 0.15) is 145 Å². The number of aliphatic hydroxyl groups excluding tert-OH is 1. The van der Waals surface area contributed by atoms with Crippen LogP contribution in [0.2, 0.25) is 0 Å². The number of hydrogen-bond donors (Lipinski definition) is 21. The minimum absolute atomic E-state index is 0.0919. The molecular weight excluding hydrogens is 1390 g/mol. The Morgan fingerprint density at radius 2 is 0.733 bits per heavy atom. The molecule has 40 heteroatoms. The summed E-state index contributed by atoms with van der Waals surface area (Å²) in [5.74, 6) is -26.5. The van der Waals surface area contributed by atoms with Gasteiger partial charge in [-0.1, -0.05) is 98.6 Å². The van der Waals surface area contributed by atoms with Gasteiger partial charge in [0.2, 0.25) is 82.7 Å². The zero-order valence-corrected chi connectivity index (χ0v) is 59.8. The monoisotopic (exact) mass is 1490 g/mol. The number of nitrogens with two attached hydrogens (primary N) is 3. The topological polar surface area (TPSA) is 668 Å². The van der Waals surface area contributed by atoms with Crippen LogP contribution in [0.5, 0.6) is 0 Å². The molecular formula is C65H101N15O25. The number of hydrogen-bond acceptors (Lipinski definition) is 21. The molecule has 0 heterocycles. The molecule has 0 radical (unpaired) electrons. The molecule has 0 aliphatic carbocycles. The third kappa shape index (κ3) is 34.3. The van der Waals surface area contributed by atoms with Gasteiger partial charge in [0.05, 0.1) is 31.9 Å². The van der Waals surface area contributed by atoms with Crippen molar-refractivity contribution in [2.45, 2.75) is 224 Å². The quantitative estimate of drug-likeness (QED) is 0.0289. The Balaban J connectivity index is 3.68. The smallest absolute Gasteiger partial charge is 0.326 e. The molecule has 40 nitrogen and oxygen atoms in total. The molecule has 586 valence electrons. The largest absolute Gasteiger partial charge is 0.481 e. The maximum Gasteiger partial charge on any atom is 0.326 e. The van der Waals surface area contributed by atoms with Crippen molar-refractivity contribution in [1.82, 2.24) is 63.8 Å². The Labute approximate surface area is 603 Å². The lowest BCUT2D eigenvalue weighted by atomic mass is 9.96. The fourth-order valence-electron chi connectivity index (χ4n) is 9.91. The molecule has 0 bridgehead atoms. The number of carbonyl (C=O) groups excluding carboxylic acids is 14. The van der Waals surface area contributed by atoms with Crippen molar-refractivity contribution < 1.29 is 122 Å². The molecule has 0 saturated carbocycles. The van der Waals surface area contributed by atoms with Gasteiger partial charge in [0, 0.05) is 25.7 Å². The van der Waals surface area contributed by atoms with Crippen molar-refractivity contribution in [3.8, 4) is 0 Å². The van der Waals surface area contributed by atoms with Crippen LogP contribution in [0.3, 0.4) is 0 Å². The van der Waals surface area contributed by atoms with Gasteiger partial charge in [-0.3, -0.25) is 86.3 Å². The summed E-state index contributed by atoms with van der Waals surface area (Å²) < 4.78 is 0. The van der Waals surface area contributed by atoms with E-state index in [4.69, 9.17) is 22.3 Å². The fraction of sp³-hybridized carbons (Fsp3) is 0.615. The van der Waals surface area contributed by atoms with E-state index in [1.54, 1.807) is 52.8 Å².